The van der Waals surface area contributed by atoms with Gasteiger partial charge >= 0.3 is 32.7 Å². The van der Waals surface area contributed by atoms with Crippen LogP contribution in [0.2, 0.25) is 0 Å². The van der Waals surface area contributed by atoms with E-state index in [2.05, 4.69) is 0 Å². The third kappa shape index (κ3) is 42.0. The molecule has 0 saturated heterocycles. The average molecular weight is 149 g/mol. The molecule has 5 heavy (non-hydrogen) atoms. The van der Waals surface area contributed by atoms with Crippen LogP contribution in [0.1, 0.15) is 13.8 Å². The van der Waals surface area contributed by atoms with E-state index in [-0.39, 0.29) is 38.8 Å². The van der Waals surface area contributed by atoms with Crippen LogP contribution in [0.15, 0.2) is 0 Å². The topological polar surface area (TPSA) is 20.2 Å². The SMILES string of the molecule is CC(C)O.[Y+3]. The van der Waals surface area contributed by atoms with Crippen LogP contribution in [0, 0.1) is 0 Å². The summed E-state index contributed by atoms with van der Waals surface area (Å²) in [6.07, 6.45) is -0.167. The van der Waals surface area contributed by atoms with Crippen molar-refractivity contribution in [1.82, 2.24) is 0 Å². The molecule has 0 aliphatic carbocycles. The summed E-state index contributed by atoms with van der Waals surface area (Å²) in [6, 6.07) is 0. The van der Waals surface area contributed by atoms with Crippen LogP contribution in [0.3, 0.4) is 0 Å². The molecule has 2 heteroatoms. The molecule has 0 aromatic carbocycles. The predicted molar refractivity (Wildman–Crippen MR) is 17.4 cm³/mol. The van der Waals surface area contributed by atoms with Crippen molar-refractivity contribution in [3.63, 3.8) is 0 Å². The Morgan fingerprint density at radius 3 is 1.40 bits per heavy atom. The van der Waals surface area contributed by atoms with E-state index >= 15 is 0 Å². The van der Waals surface area contributed by atoms with Crippen LogP contribution in [-0.4, -0.2) is 11.2 Å². The fourth-order valence-electron chi connectivity index (χ4n) is 0. The molecule has 0 unspecified atom stereocenters. The molecule has 0 spiro atoms. The second-order valence-electron chi connectivity index (χ2n) is 1.09. The van der Waals surface area contributed by atoms with Crippen molar-refractivity contribution in [3.05, 3.63) is 0 Å². The van der Waals surface area contributed by atoms with Crippen LogP contribution in [-0.2, 0) is 32.7 Å². The summed E-state index contributed by atoms with van der Waals surface area (Å²) in [4.78, 5) is 0. The number of aliphatic hydroxyl groups excluding tert-OH is 1. The van der Waals surface area contributed by atoms with Gasteiger partial charge in [-0.3, -0.25) is 0 Å². The average Bonchev–Trinajstić information content (AvgIpc) is 0.811. The van der Waals surface area contributed by atoms with Crippen LogP contribution in [0.4, 0.5) is 0 Å². The first kappa shape index (κ1) is 9.42. The normalized spacial score (nSPS) is 7.20. The van der Waals surface area contributed by atoms with Crippen LogP contribution in [0.25, 0.3) is 0 Å². The van der Waals surface area contributed by atoms with E-state index in [0.29, 0.717) is 0 Å². The van der Waals surface area contributed by atoms with Crippen molar-refractivity contribution >= 4 is 0 Å². The molecule has 0 heterocycles. The van der Waals surface area contributed by atoms with Crippen LogP contribution >= 0.6 is 0 Å². The Labute approximate surface area is 57.6 Å². The van der Waals surface area contributed by atoms with E-state index < -0.39 is 0 Å². The van der Waals surface area contributed by atoms with Crippen LogP contribution in [0.5, 0.6) is 0 Å². The van der Waals surface area contributed by atoms with Crippen LogP contribution < -0.4 is 0 Å². The monoisotopic (exact) mass is 149 g/mol. The Hall–Kier alpha value is 1.06. The van der Waals surface area contributed by atoms with E-state index in [4.69, 9.17) is 5.11 Å². The first-order valence-electron chi connectivity index (χ1n) is 1.41. The molecule has 0 radical (unpaired) electrons. The zero-order valence-electron chi connectivity index (χ0n) is 3.60. The van der Waals surface area contributed by atoms with Crippen molar-refractivity contribution in [2.24, 2.45) is 0 Å². The summed E-state index contributed by atoms with van der Waals surface area (Å²) in [6.45, 7) is 3.44. The molecule has 1 N–H and O–H groups in total. The van der Waals surface area contributed by atoms with Gasteiger partial charge in [-0.05, 0) is 13.8 Å². The fraction of sp³-hybridized carbons (Fsp3) is 1.00. The second kappa shape index (κ2) is 5.06. The van der Waals surface area contributed by atoms with Gasteiger partial charge in [0.2, 0.25) is 0 Å². The van der Waals surface area contributed by atoms with Gasteiger partial charge in [-0.25, -0.2) is 0 Å². The number of rotatable bonds is 0. The van der Waals surface area contributed by atoms with Crippen molar-refractivity contribution in [1.29, 1.82) is 0 Å². The van der Waals surface area contributed by atoms with Gasteiger partial charge in [0.25, 0.3) is 0 Å². The van der Waals surface area contributed by atoms with Gasteiger partial charge in [0.1, 0.15) is 0 Å². The summed E-state index contributed by atoms with van der Waals surface area (Å²) < 4.78 is 0. The van der Waals surface area contributed by atoms with E-state index in [1.807, 2.05) is 0 Å². The second-order valence-corrected chi connectivity index (χ2v) is 1.09. The minimum absolute atomic E-state index is 0. The molecule has 0 aliphatic rings. The Morgan fingerprint density at radius 2 is 1.40 bits per heavy atom. The smallest absolute Gasteiger partial charge is 0.394 e. The van der Waals surface area contributed by atoms with Gasteiger partial charge in [-0.1, -0.05) is 0 Å². The quantitative estimate of drug-likeness (QED) is 0.528. The molecule has 0 amide bonds. The molecule has 0 fully saturated rings. The predicted octanol–water partition coefficient (Wildman–Crippen LogP) is 0.385. The number of hydrogen-bond acceptors (Lipinski definition) is 1. The maximum Gasteiger partial charge on any atom is 3.00 e. The summed E-state index contributed by atoms with van der Waals surface area (Å²) in [5.41, 5.74) is 0. The molecule has 0 aromatic rings. The van der Waals surface area contributed by atoms with E-state index in [1.165, 1.54) is 0 Å². The maximum atomic E-state index is 8.06. The molecular formula is C3H8OY+3. The van der Waals surface area contributed by atoms with Gasteiger partial charge in [0.15, 0.2) is 0 Å². The summed E-state index contributed by atoms with van der Waals surface area (Å²) >= 11 is 0. The van der Waals surface area contributed by atoms with Crippen molar-refractivity contribution < 1.29 is 37.8 Å². The molecular weight excluding hydrogens is 141 g/mol. The molecule has 0 aliphatic heterocycles. The van der Waals surface area contributed by atoms with E-state index in [1.54, 1.807) is 13.8 Å². The summed E-state index contributed by atoms with van der Waals surface area (Å²) in [5, 5.41) is 8.06. The molecule has 0 aromatic heterocycles. The van der Waals surface area contributed by atoms with Gasteiger partial charge in [-0.2, -0.15) is 0 Å². The standard InChI is InChI=1S/C3H8O.Y/c1-3(2)4;/h3-4H,1-2H3;/q;+3. The van der Waals surface area contributed by atoms with E-state index in [9.17, 15) is 0 Å². The van der Waals surface area contributed by atoms with Crippen molar-refractivity contribution in [2.45, 2.75) is 20.0 Å². The van der Waals surface area contributed by atoms with Gasteiger partial charge in [-0.15, -0.1) is 0 Å². The third-order valence-electron chi connectivity index (χ3n) is 0. The number of aliphatic hydroxyl groups is 1. The fourth-order valence-corrected chi connectivity index (χ4v) is 0. The van der Waals surface area contributed by atoms with Gasteiger partial charge in [0.05, 0.1) is 0 Å². The van der Waals surface area contributed by atoms with Gasteiger partial charge < -0.3 is 5.11 Å². The minimum Gasteiger partial charge on any atom is -0.394 e. The minimum atomic E-state index is -0.167. The largest absolute Gasteiger partial charge is 3.00 e. The van der Waals surface area contributed by atoms with Gasteiger partial charge in [0, 0.05) is 6.10 Å². The van der Waals surface area contributed by atoms with E-state index in [0.717, 1.165) is 0 Å². The summed E-state index contributed by atoms with van der Waals surface area (Å²) in [5.74, 6) is 0. The maximum absolute atomic E-state index is 8.06. The zero-order valence-corrected chi connectivity index (χ0v) is 6.44. The van der Waals surface area contributed by atoms with Crippen molar-refractivity contribution in [2.75, 3.05) is 0 Å². The molecule has 0 rings (SSSR count). The molecule has 26 valence electrons. The molecule has 0 atom stereocenters. The zero-order chi connectivity index (χ0) is 3.58. The molecule has 0 saturated carbocycles. The first-order valence-corrected chi connectivity index (χ1v) is 1.41. The number of hydrogen-bond donors (Lipinski definition) is 1. The third-order valence-corrected chi connectivity index (χ3v) is 0. The van der Waals surface area contributed by atoms with Crippen molar-refractivity contribution in [3.8, 4) is 0 Å². The Balaban J connectivity index is 0. The molecule has 0 bridgehead atoms. The Morgan fingerprint density at radius 1 is 1.40 bits per heavy atom. The Kier molecular flexibility index (Phi) is 9.54. The molecule has 1 nitrogen and oxygen atoms in total. The first-order chi connectivity index (χ1) is 1.73. The Bertz CT molecular complexity index is 11.6. The summed E-state index contributed by atoms with van der Waals surface area (Å²) in [7, 11) is 0.